The average molecular weight is 333 g/mol. The van der Waals surface area contributed by atoms with Crippen molar-refractivity contribution in [3.05, 3.63) is 33.9 Å². The molecule has 2 saturated heterocycles. The number of benzene rings is 1. The van der Waals surface area contributed by atoms with Gasteiger partial charge in [0.05, 0.1) is 11.5 Å². The van der Waals surface area contributed by atoms with Crippen LogP contribution in [-0.2, 0) is 11.3 Å². The number of nitro benzene ring substituents is 1. The summed E-state index contributed by atoms with van der Waals surface area (Å²) in [5, 5.41) is 11.0. The van der Waals surface area contributed by atoms with E-state index in [0.29, 0.717) is 18.7 Å². The van der Waals surface area contributed by atoms with E-state index in [-0.39, 0.29) is 10.6 Å². The summed E-state index contributed by atoms with van der Waals surface area (Å²) in [6, 6.07) is 6.52. The van der Waals surface area contributed by atoms with Crippen LogP contribution in [0.15, 0.2) is 18.2 Å². The summed E-state index contributed by atoms with van der Waals surface area (Å²) in [5.41, 5.74) is 2.11. The number of ether oxygens (including phenoxy) is 1. The first kappa shape index (κ1) is 17.2. The smallest absolute Gasteiger partial charge is 0.269 e. The van der Waals surface area contributed by atoms with E-state index < -0.39 is 0 Å². The Morgan fingerprint density at radius 1 is 1.25 bits per heavy atom. The van der Waals surface area contributed by atoms with Crippen molar-refractivity contribution >= 4 is 11.4 Å². The van der Waals surface area contributed by atoms with Gasteiger partial charge in [0.1, 0.15) is 0 Å². The Kier molecular flexibility index (Phi) is 5.36. The highest BCUT2D eigenvalue weighted by atomic mass is 16.6. The molecular weight excluding hydrogens is 306 g/mol. The standard InChI is InChI=1S/C18H27N3O3/c1-14-4-3-9-20(14)16-7-10-19(11-8-16)18-6-5-17(21(22)23)12-15(18)13-24-2/h5-6,12,14,16H,3-4,7-11,13H2,1-2H3. The Bertz CT molecular complexity index is 585. The predicted molar refractivity (Wildman–Crippen MR) is 94.4 cm³/mol. The Hall–Kier alpha value is -1.66. The fraction of sp³-hybridized carbons (Fsp3) is 0.667. The van der Waals surface area contributed by atoms with Crippen LogP contribution in [-0.4, -0.2) is 48.7 Å². The summed E-state index contributed by atoms with van der Waals surface area (Å²) in [6.07, 6.45) is 4.96. The second-order valence-corrected chi connectivity index (χ2v) is 6.95. The van der Waals surface area contributed by atoms with E-state index in [0.717, 1.165) is 37.2 Å². The number of hydrogen-bond donors (Lipinski definition) is 0. The molecule has 0 aliphatic carbocycles. The number of rotatable bonds is 5. The van der Waals surface area contributed by atoms with Gasteiger partial charge in [0.25, 0.3) is 5.69 Å². The molecule has 0 radical (unpaired) electrons. The van der Waals surface area contributed by atoms with E-state index in [1.807, 2.05) is 6.07 Å². The van der Waals surface area contributed by atoms with Gasteiger partial charge >= 0.3 is 0 Å². The predicted octanol–water partition coefficient (Wildman–Crippen LogP) is 3.19. The summed E-state index contributed by atoms with van der Waals surface area (Å²) in [5.74, 6) is 0. The van der Waals surface area contributed by atoms with Crippen molar-refractivity contribution in [3.63, 3.8) is 0 Å². The molecule has 2 aliphatic heterocycles. The molecule has 1 atom stereocenters. The van der Waals surface area contributed by atoms with E-state index in [9.17, 15) is 10.1 Å². The van der Waals surface area contributed by atoms with E-state index in [1.165, 1.54) is 19.4 Å². The maximum Gasteiger partial charge on any atom is 0.269 e. The molecule has 1 aromatic rings. The number of likely N-dealkylation sites (tertiary alicyclic amines) is 1. The molecule has 6 nitrogen and oxygen atoms in total. The molecule has 3 rings (SSSR count). The van der Waals surface area contributed by atoms with Gasteiger partial charge in [-0.2, -0.15) is 0 Å². The molecule has 24 heavy (non-hydrogen) atoms. The van der Waals surface area contributed by atoms with Crippen molar-refractivity contribution in [2.75, 3.05) is 31.6 Å². The average Bonchev–Trinajstić information content (AvgIpc) is 3.01. The molecular formula is C18H27N3O3. The van der Waals surface area contributed by atoms with Gasteiger partial charge in [-0.25, -0.2) is 0 Å². The summed E-state index contributed by atoms with van der Waals surface area (Å²) in [6.45, 7) is 5.98. The van der Waals surface area contributed by atoms with Crippen molar-refractivity contribution in [2.45, 2.75) is 51.3 Å². The molecule has 0 aromatic heterocycles. The second-order valence-electron chi connectivity index (χ2n) is 6.95. The Morgan fingerprint density at radius 2 is 2.00 bits per heavy atom. The third-order valence-electron chi connectivity index (χ3n) is 5.45. The zero-order chi connectivity index (χ0) is 17.1. The maximum absolute atomic E-state index is 11.0. The molecule has 1 aromatic carbocycles. The normalized spacial score (nSPS) is 22.9. The highest BCUT2D eigenvalue weighted by Crippen LogP contribution is 2.31. The minimum Gasteiger partial charge on any atom is -0.380 e. The molecule has 2 heterocycles. The monoisotopic (exact) mass is 333 g/mol. The van der Waals surface area contributed by atoms with E-state index in [4.69, 9.17) is 4.74 Å². The number of anilines is 1. The quantitative estimate of drug-likeness (QED) is 0.612. The number of methoxy groups -OCH3 is 1. The lowest BCUT2D eigenvalue weighted by Gasteiger charge is -2.40. The van der Waals surface area contributed by atoms with Crippen molar-refractivity contribution in [1.82, 2.24) is 4.90 Å². The van der Waals surface area contributed by atoms with Crippen molar-refractivity contribution in [2.24, 2.45) is 0 Å². The lowest BCUT2D eigenvalue weighted by Crippen LogP contribution is -2.46. The van der Waals surface area contributed by atoms with Crippen LogP contribution in [0.3, 0.4) is 0 Å². The molecule has 0 bridgehead atoms. The molecule has 2 aliphatic rings. The van der Waals surface area contributed by atoms with Crippen LogP contribution in [0.2, 0.25) is 0 Å². The molecule has 132 valence electrons. The number of non-ortho nitro benzene ring substituents is 1. The Labute approximate surface area is 143 Å². The lowest BCUT2D eigenvalue weighted by molar-refractivity contribution is -0.384. The van der Waals surface area contributed by atoms with E-state index in [1.54, 1.807) is 19.2 Å². The van der Waals surface area contributed by atoms with Crippen LogP contribution in [0.5, 0.6) is 0 Å². The number of piperidine rings is 1. The van der Waals surface area contributed by atoms with Crippen molar-refractivity contribution < 1.29 is 9.66 Å². The molecule has 0 spiro atoms. The molecule has 6 heteroatoms. The molecule has 0 saturated carbocycles. The third kappa shape index (κ3) is 3.54. The van der Waals surface area contributed by atoms with Crippen molar-refractivity contribution in [3.8, 4) is 0 Å². The van der Waals surface area contributed by atoms with Crippen LogP contribution in [0.4, 0.5) is 11.4 Å². The number of hydrogen-bond acceptors (Lipinski definition) is 5. The first-order valence-electron chi connectivity index (χ1n) is 8.87. The zero-order valence-corrected chi connectivity index (χ0v) is 14.6. The van der Waals surface area contributed by atoms with Crippen molar-refractivity contribution in [1.29, 1.82) is 0 Å². The van der Waals surface area contributed by atoms with Gasteiger partial charge in [-0.15, -0.1) is 0 Å². The summed E-state index contributed by atoms with van der Waals surface area (Å²) < 4.78 is 5.25. The van der Waals surface area contributed by atoms with Crippen LogP contribution in [0.25, 0.3) is 0 Å². The fourth-order valence-corrected chi connectivity index (χ4v) is 4.20. The first-order chi connectivity index (χ1) is 11.6. The highest BCUT2D eigenvalue weighted by molar-refractivity contribution is 5.58. The maximum atomic E-state index is 11.0. The Balaban J connectivity index is 1.70. The summed E-state index contributed by atoms with van der Waals surface area (Å²) in [4.78, 5) is 15.7. The van der Waals surface area contributed by atoms with Crippen LogP contribution in [0.1, 0.15) is 38.2 Å². The minimum atomic E-state index is -0.343. The van der Waals surface area contributed by atoms with Gasteiger partial charge in [0, 0.05) is 55.7 Å². The number of nitro groups is 1. The molecule has 1 unspecified atom stereocenters. The van der Waals surface area contributed by atoms with Crippen LogP contribution in [0, 0.1) is 10.1 Å². The SMILES string of the molecule is COCc1cc([N+](=O)[O-])ccc1N1CCC(N2CCCC2C)CC1. The van der Waals surface area contributed by atoms with Gasteiger partial charge in [0.2, 0.25) is 0 Å². The first-order valence-corrected chi connectivity index (χ1v) is 8.87. The van der Waals surface area contributed by atoms with E-state index in [2.05, 4.69) is 16.7 Å². The van der Waals surface area contributed by atoms with Crippen LogP contribution < -0.4 is 4.90 Å². The van der Waals surface area contributed by atoms with Gasteiger partial charge < -0.3 is 9.64 Å². The van der Waals surface area contributed by atoms with Gasteiger partial charge in [-0.05, 0) is 45.2 Å². The van der Waals surface area contributed by atoms with Gasteiger partial charge in [-0.1, -0.05) is 0 Å². The molecule has 2 fully saturated rings. The lowest BCUT2D eigenvalue weighted by atomic mass is 10.0. The van der Waals surface area contributed by atoms with E-state index >= 15 is 0 Å². The second kappa shape index (κ2) is 7.49. The third-order valence-corrected chi connectivity index (χ3v) is 5.45. The Morgan fingerprint density at radius 3 is 2.58 bits per heavy atom. The fourth-order valence-electron chi connectivity index (χ4n) is 4.20. The summed E-state index contributed by atoms with van der Waals surface area (Å²) >= 11 is 0. The zero-order valence-electron chi connectivity index (χ0n) is 14.6. The molecule has 0 amide bonds. The van der Waals surface area contributed by atoms with Gasteiger partial charge in [-0.3, -0.25) is 15.0 Å². The molecule has 0 N–H and O–H groups in total. The highest BCUT2D eigenvalue weighted by Gasteiger charge is 2.31. The summed E-state index contributed by atoms with van der Waals surface area (Å²) in [7, 11) is 1.63. The van der Waals surface area contributed by atoms with Crippen LogP contribution >= 0.6 is 0 Å². The van der Waals surface area contributed by atoms with Gasteiger partial charge in [0.15, 0.2) is 0 Å². The topological polar surface area (TPSA) is 58.9 Å². The minimum absolute atomic E-state index is 0.131. The number of nitrogens with zero attached hydrogens (tertiary/aromatic N) is 3. The largest absolute Gasteiger partial charge is 0.380 e.